The van der Waals surface area contributed by atoms with E-state index in [9.17, 15) is 53.1 Å². The van der Waals surface area contributed by atoms with Gasteiger partial charge in [0.1, 0.15) is 11.5 Å². The van der Waals surface area contributed by atoms with Gasteiger partial charge in [-0.15, -0.1) is 0 Å². The van der Waals surface area contributed by atoms with Gasteiger partial charge in [-0.1, -0.05) is 18.2 Å². The Kier molecular flexibility index (Phi) is 7.49. The van der Waals surface area contributed by atoms with Gasteiger partial charge in [-0.3, -0.25) is 19.5 Å². The summed E-state index contributed by atoms with van der Waals surface area (Å²) in [6, 6.07) is 12.3. The summed E-state index contributed by atoms with van der Waals surface area (Å²) in [5.41, 5.74) is -0.203. The van der Waals surface area contributed by atoms with Crippen molar-refractivity contribution in [2.45, 2.75) is 11.1 Å². The van der Waals surface area contributed by atoms with Gasteiger partial charge in [0.15, 0.2) is 28.2 Å². The third-order valence-corrected chi connectivity index (χ3v) is 6.41. The molecule has 4 aromatic rings. The highest BCUT2D eigenvalue weighted by Crippen LogP contribution is 2.37. The molecule has 7 nitrogen and oxygen atoms in total. The maximum atomic E-state index is 12.9. The van der Waals surface area contributed by atoms with Gasteiger partial charge >= 0.3 is 16.3 Å². The Hall–Kier alpha value is -4.57. The Morgan fingerprint density at radius 1 is 0.732 bits per heavy atom. The standard InChI is InChI=1S/C19H10F3NO3.C6HF5O3S/c20-19(21,22)10-3-1-4-11(9-10)26-15-8-7-14-16-12(15)5-2-6-13(16)17(24)23-18(14)25;7-1-2(8)4(10)6(15(12,13)14)5(11)3(1)9/h1-9H,(H,23,24,25);(H,12,13,14). The molecule has 0 bridgehead atoms. The number of imide groups is 1. The number of benzene rings is 4. The monoisotopic (exact) mass is 605 g/mol. The van der Waals surface area contributed by atoms with E-state index in [4.69, 9.17) is 9.29 Å². The van der Waals surface area contributed by atoms with Gasteiger partial charge in [-0.2, -0.15) is 21.6 Å². The van der Waals surface area contributed by atoms with Crippen LogP contribution in [0.1, 0.15) is 26.3 Å². The lowest BCUT2D eigenvalue weighted by atomic mass is 9.95. The average molecular weight is 605 g/mol. The molecule has 16 heteroatoms. The number of hydrogen-bond acceptors (Lipinski definition) is 5. The number of nitrogens with one attached hydrogen (secondary N) is 1. The van der Waals surface area contributed by atoms with Gasteiger partial charge in [-0.25, -0.2) is 22.0 Å². The van der Waals surface area contributed by atoms with Crippen LogP contribution in [-0.4, -0.2) is 24.8 Å². The van der Waals surface area contributed by atoms with Crippen LogP contribution in [0.4, 0.5) is 35.1 Å². The quantitative estimate of drug-likeness (QED) is 0.0952. The summed E-state index contributed by atoms with van der Waals surface area (Å²) in [4.78, 5) is 21.8. The van der Waals surface area contributed by atoms with E-state index in [1.165, 1.54) is 24.3 Å². The number of carbonyl (C=O) groups is 2. The van der Waals surface area contributed by atoms with E-state index in [-0.39, 0.29) is 11.5 Å². The predicted octanol–water partition coefficient (Wildman–Crippen LogP) is 6.16. The van der Waals surface area contributed by atoms with E-state index in [0.29, 0.717) is 21.9 Å². The number of alkyl halides is 3. The van der Waals surface area contributed by atoms with E-state index in [1.807, 2.05) is 0 Å². The fraction of sp³-hybridized carbons (Fsp3) is 0.0400. The molecular formula is C25H11F8NO6S. The first-order chi connectivity index (χ1) is 19.0. The number of carbonyl (C=O) groups excluding carboxylic acids is 2. The average Bonchev–Trinajstić information content (AvgIpc) is 2.89. The summed E-state index contributed by atoms with van der Waals surface area (Å²) >= 11 is 0. The number of ether oxygens (including phenoxy) is 1. The molecule has 0 radical (unpaired) electrons. The van der Waals surface area contributed by atoms with E-state index < -0.39 is 67.7 Å². The van der Waals surface area contributed by atoms with Crippen LogP contribution in [0.2, 0.25) is 0 Å². The second kappa shape index (κ2) is 10.4. The second-order valence-electron chi connectivity index (χ2n) is 8.12. The van der Waals surface area contributed by atoms with Crippen molar-refractivity contribution in [2.75, 3.05) is 0 Å². The van der Waals surface area contributed by atoms with Crippen molar-refractivity contribution in [3.05, 3.63) is 100 Å². The van der Waals surface area contributed by atoms with Crippen molar-refractivity contribution >= 4 is 32.7 Å². The first-order valence-electron chi connectivity index (χ1n) is 10.8. The molecule has 2 amide bonds. The van der Waals surface area contributed by atoms with Gasteiger partial charge in [0.05, 0.1) is 5.56 Å². The zero-order valence-electron chi connectivity index (χ0n) is 19.6. The summed E-state index contributed by atoms with van der Waals surface area (Å²) in [5, 5.41) is 3.14. The largest absolute Gasteiger partial charge is 0.457 e. The van der Waals surface area contributed by atoms with Gasteiger partial charge in [0.2, 0.25) is 5.82 Å². The molecule has 214 valence electrons. The minimum absolute atomic E-state index is 0.00659. The number of halogens is 8. The highest BCUT2D eigenvalue weighted by atomic mass is 32.2. The molecular weight excluding hydrogens is 594 g/mol. The third-order valence-electron chi connectivity index (χ3n) is 5.53. The Morgan fingerprint density at radius 3 is 1.83 bits per heavy atom. The van der Waals surface area contributed by atoms with Crippen LogP contribution in [0, 0.1) is 29.1 Å². The zero-order valence-corrected chi connectivity index (χ0v) is 20.4. The highest BCUT2D eigenvalue weighted by molar-refractivity contribution is 7.85. The van der Waals surface area contributed by atoms with Crippen LogP contribution < -0.4 is 10.1 Å². The predicted molar refractivity (Wildman–Crippen MR) is 123 cm³/mol. The van der Waals surface area contributed by atoms with Crippen molar-refractivity contribution in [3.8, 4) is 11.5 Å². The maximum absolute atomic E-state index is 12.9. The molecule has 0 atom stereocenters. The highest BCUT2D eigenvalue weighted by Gasteiger charge is 2.33. The molecule has 1 aliphatic heterocycles. The Labute approximate surface area is 223 Å². The van der Waals surface area contributed by atoms with Crippen molar-refractivity contribution in [2.24, 2.45) is 0 Å². The van der Waals surface area contributed by atoms with Crippen molar-refractivity contribution in [1.29, 1.82) is 0 Å². The summed E-state index contributed by atoms with van der Waals surface area (Å²) in [6.45, 7) is 0. The van der Waals surface area contributed by atoms with E-state index in [1.54, 1.807) is 18.2 Å². The summed E-state index contributed by atoms with van der Waals surface area (Å²) in [6.07, 6.45) is -4.48. The van der Waals surface area contributed by atoms with Crippen LogP contribution >= 0.6 is 0 Å². The van der Waals surface area contributed by atoms with Crippen molar-refractivity contribution in [3.63, 3.8) is 0 Å². The molecule has 0 fully saturated rings. The SMILES string of the molecule is O=C1NC(=O)c2ccc(Oc3cccc(C(F)(F)F)c3)c3cccc1c23.O=S(=O)(O)c1c(F)c(F)c(F)c(F)c1F. The Balaban J connectivity index is 0.000000221. The van der Waals surface area contributed by atoms with Gasteiger partial charge in [0.25, 0.3) is 11.8 Å². The maximum Gasteiger partial charge on any atom is 0.416 e. The molecule has 2 N–H and O–H groups in total. The van der Waals surface area contributed by atoms with E-state index in [0.717, 1.165) is 12.1 Å². The molecule has 1 heterocycles. The molecule has 0 aliphatic carbocycles. The topological polar surface area (TPSA) is 110 Å². The van der Waals surface area contributed by atoms with Crippen LogP contribution in [0.3, 0.4) is 0 Å². The van der Waals surface area contributed by atoms with Crippen molar-refractivity contribution in [1.82, 2.24) is 5.32 Å². The molecule has 0 unspecified atom stereocenters. The zero-order chi connectivity index (χ0) is 30.4. The van der Waals surface area contributed by atoms with E-state index >= 15 is 0 Å². The molecule has 0 saturated carbocycles. The summed E-state index contributed by atoms with van der Waals surface area (Å²) < 4.78 is 136. The van der Waals surface area contributed by atoms with Crippen LogP contribution in [0.5, 0.6) is 11.5 Å². The molecule has 0 saturated heterocycles. The molecule has 4 aromatic carbocycles. The first-order valence-corrected chi connectivity index (χ1v) is 12.2. The normalized spacial score (nSPS) is 13.0. The minimum Gasteiger partial charge on any atom is -0.457 e. The van der Waals surface area contributed by atoms with E-state index in [2.05, 4.69) is 5.32 Å². The number of hydrogen-bond donors (Lipinski definition) is 2. The van der Waals surface area contributed by atoms with Crippen molar-refractivity contribution < 1.29 is 62.4 Å². The summed E-state index contributed by atoms with van der Waals surface area (Å²) in [7, 11) is -5.52. The molecule has 0 spiro atoms. The Morgan fingerprint density at radius 2 is 1.27 bits per heavy atom. The number of amides is 2. The second-order valence-corrected chi connectivity index (χ2v) is 9.48. The Bertz CT molecular complexity index is 1810. The molecule has 41 heavy (non-hydrogen) atoms. The molecule has 5 rings (SSSR count). The minimum atomic E-state index is -5.52. The van der Waals surface area contributed by atoms with Gasteiger partial charge in [0, 0.05) is 21.9 Å². The lowest BCUT2D eigenvalue weighted by molar-refractivity contribution is -0.137. The fourth-order valence-corrected chi connectivity index (χ4v) is 4.39. The fourth-order valence-electron chi connectivity index (χ4n) is 3.76. The van der Waals surface area contributed by atoms with Crippen LogP contribution in [0.15, 0.2) is 59.5 Å². The van der Waals surface area contributed by atoms with Gasteiger partial charge in [-0.05, 0) is 36.4 Å². The van der Waals surface area contributed by atoms with Gasteiger partial charge < -0.3 is 4.74 Å². The van der Waals surface area contributed by atoms with Crippen LogP contribution in [0.25, 0.3) is 10.8 Å². The lowest BCUT2D eigenvalue weighted by Crippen LogP contribution is -2.34. The smallest absolute Gasteiger partial charge is 0.416 e. The lowest BCUT2D eigenvalue weighted by Gasteiger charge is -2.18. The van der Waals surface area contributed by atoms with Crippen LogP contribution in [-0.2, 0) is 16.3 Å². The summed E-state index contributed by atoms with van der Waals surface area (Å²) in [5.74, 6) is -13.4. The molecule has 1 aliphatic rings. The third kappa shape index (κ3) is 5.55. The number of rotatable bonds is 3. The first kappa shape index (κ1) is 29.4. The molecule has 0 aromatic heterocycles.